The van der Waals surface area contributed by atoms with E-state index in [1.54, 1.807) is 0 Å². The lowest BCUT2D eigenvalue weighted by atomic mass is 10.2. The Bertz CT molecular complexity index is 528. The number of benzene rings is 1. The summed E-state index contributed by atoms with van der Waals surface area (Å²) in [6, 6.07) is 1.35. The molecule has 0 aromatic heterocycles. The van der Waals surface area contributed by atoms with Crippen molar-refractivity contribution in [3.8, 4) is 0 Å². The molecule has 1 unspecified atom stereocenters. The molecule has 2 N–H and O–H groups in total. The van der Waals surface area contributed by atoms with Crippen molar-refractivity contribution in [1.29, 1.82) is 0 Å². The average Bonchev–Trinajstić information content (AvgIpc) is 2.25. The van der Waals surface area contributed by atoms with Crippen LogP contribution < -0.4 is 4.72 Å². The molecule has 0 aliphatic heterocycles. The monoisotopic (exact) mass is 357 g/mol. The first-order valence-electron chi connectivity index (χ1n) is 5.60. The van der Waals surface area contributed by atoms with Crippen molar-refractivity contribution in [2.45, 2.75) is 30.8 Å². The van der Waals surface area contributed by atoms with Crippen molar-refractivity contribution in [2.75, 3.05) is 6.54 Å². The van der Waals surface area contributed by atoms with Crippen LogP contribution in [0.15, 0.2) is 21.5 Å². The number of nitrogens with one attached hydrogen (secondary N) is 1. The molecule has 19 heavy (non-hydrogen) atoms. The molecule has 1 aromatic carbocycles. The third-order valence-electron chi connectivity index (χ3n) is 2.36. The van der Waals surface area contributed by atoms with Crippen molar-refractivity contribution in [1.82, 2.24) is 4.72 Å². The van der Waals surface area contributed by atoms with Gasteiger partial charge in [-0.25, -0.2) is 21.9 Å². The minimum Gasteiger partial charge on any atom is -0.392 e. The Morgan fingerprint density at radius 2 is 2.05 bits per heavy atom. The summed E-state index contributed by atoms with van der Waals surface area (Å²) in [4.78, 5) is -0.669. The summed E-state index contributed by atoms with van der Waals surface area (Å²) in [7, 11) is -4.15. The molecule has 0 aliphatic rings. The van der Waals surface area contributed by atoms with Crippen LogP contribution in [0, 0.1) is 11.6 Å². The molecule has 0 radical (unpaired) electrons. The lowest BCUT2D eigenvalue weighted by molar-refractivity contribution is 0.167. The van der Waals surface area contributed by atoms with E-state index in [1.807, 2.05) is 6.92 Å². The fourth-order valence-corrected chi connectivity index (χ4v) is 3.73. The second-order valence-electron chi connectivity index (χ2n) is 3.99. The van der Waals surface area contributed by atoms with Crippen LogP contribution in [0.1, 0.15) is 19.8 Å². The van der Waals surface area contributed by atoms with Crippen molar-refractivity contribution >= 4 is 26.0 Å². The van der Waals surface area contributed by atoms with Gasteiger partial charge in [-0.2, -0.15) is 0 Å². The molecular formula is C11H14BrF2NO3S. The number of rotatable bonds is 6. The first kappa shape index (κ1) is 16.5. The van der Waals surface area contributed by atoms with Crippen molar-refractivity contribution in [3.05, 3.63) is 28.2 Å². The van der Waals surface area contributed by atoms with Crippen LogP contribution in [0.4, 0.5) is 8.78 Å². The van der Waals surface area contributed by atoms with Gasteiger partial charge in [0.05, 0.1) is 6.10 Å². The maximum absolute atomic E-state index is 13.5. The standard InChI is InChI=1S/C11H14BrF2NO3S/c1-2-3-8(16)6-15-19(17,18)11-9(12)4-7(13)5-10(11)14/h4-5,8,15-16H,2-3,6H2,1H3. The van der Waals surface area contributed by atoms with E-state index in [-0.39, 0.29) is 11.0 Å². The average molecular weight is 358 g/mol. The largest absolute Gasteiger partial charge is 0.392 e. The normalized spacial score (nSPS) is 13.5. The Morgan fingerprint density at radius 1 is 1.42 bits per heavy atom. The molecule has 0 fully saturated rings. The summed E-state index contributed by atoms with van der Waals surface area (Å²) in [5.41, 5.74) is 0. The highest BCUT2D eigenvalue weighted by atomic mass is 79.9. The van der Waals surface area contributed by atoms with Gasteiger partial charge < -0.3 is 5.11 Å². The predicted molar refractivity (Wildman–Crippen MR) is 70.2 cm³/mol. The predicted octanol–water partition coefficient (Wildman–Crippen LogP) is 2.17. The van der Waals surface area contributed by atoms with Crippen LogP contribution in [-0.4, -0.2) is 26.2 Å². The summed E-state index contributed by atoms with van der Waals surface area (Å²) >= 11 is 2.81. The van der Waals surface area contributed by atoms with Gasteiger partial charge in [-0.3, -0.25) is 0 Å². The Hall–Kier alpha value is -0.570. The lowest BCUT2D eigenvalue weighted by Crippen LogP contribution is -2.32. The van der Waals surface area contributed by atoms with Gasteiger partial charge in [-0.1, -0.05) is 13.3 Å². The zero-order valence-electron chi connectivity index (χ0n) is 10.2. The highest BCUT2D eigenvalue weighted by Crippen LogP contribution is 2.26. The van der Waals surface area contributed by atoms with Gasteiger partial charge in [-0.05, 0) is 28.4 Å². The smallest absolute Gasteiger partial charge is 0.244 e. The molecule has 0 saturated heterocycles. The summed E-state index contributed by atoms with van der Waals surface area (Å²) in [6.45, 7) is 1.62. The molecule has 0 bridgehead atoms. The second-order valence-corrected chi connectivity index (χ2v) is 6.55. The number of aliphatic hydroxyl groups is 1. The molecule has 0 heterocycles. The minimum atomic E-state index is -4.15. The van der Waals surface area contributed by atoms with Crippen molar-refractivity contribution in [3.63, 3.8) is 0 Å². The molecule has 4 nitrogen and oxygen atoms in total. The first-order chi connectivity index (χ1) is 8.77. The van der Waals surface area contributed by atoms with E-state index >= 15 is 0 Å². The summed E-state index contributed by atoms with van der Waals surface area (Å²) in [5, 5.41) is 9.45. The van der Waals surface area contributed by atoms with Gasteiger partial charge in [0.15, 0.2) is 0 Å². The molecule has 0 spiro atoms. The zero-order chi connectivity index (χ0) is 14.6. The van der Waals surface area contributed by atoms with Gasteiger partial charge >= 0.3 is 0 Å². The maximum Gasteiger partial charge on any atom is 0.244 e. The number of halogens is 3. The topological polar surface area (TPSA) is 66.4 Å². The van der Waals surface area contributed by atoms with E-state index in [9.17, 15) is 22.3 Å². The fourth-order valence-electron chi connectivity index (χ4n) is 1.50. The second kappa shape index (κ2) is 6.74. The Morgan fingerprint density at radius 3 is 2.58 bits per heavy atom. The molecule has 108 valence electrons. The first-order valence-corrected chi connectivity index (χ1v) is 7.87. The fraction of sp³-hybridized carbons (Fsp3) is 0.455. The van der Waals surface area contributed by atoms with Gasteiger partial charge in [-0.15, -0.1) is 0 Å². The van der Waals surface area contributed by atoms with Crippen molar-refractivity contribution in [2.24, 2.45) is 0 Å². The molecule has 1 atom stereocenters. The molecular weight excluding hydrogens is 344 g/mol. The zero-order valence-corrected chi connectivity index (χ0v) is 12.6. The van der Waals surface area contributed by atoms with Crippen LogP contribution in [0.3, 0.4) is 0 Å². The SMILES string of the molecule is CCCC(O)CNS(=O)(=O)c1c(F)cc(F)cc1Br. The van der Waals surface area contributed by atoms with E-state index in [2.05, 4.69) is 20.7 Å². The minimum absolute atomic E-state index is 0.206. The van der Waals surface area contributed by atoms with Gasteiger partial charge in [0.1, 0.15) is 16.5 Å². The van der Waals surface area contributed by atoms with E-state index in [1.165, 1.54) is 0 Å². The summed E-state index contributed by atoms with van der Waals surface area (Å²) < 4.78 is 52.1. The van der Waals surface area contributed by atoms with E-state index < -0.39 is 32.7 Å². The summed E-state index contributed by atoms with van der Waals surface area (Å²) in [6.07, 6.45) is 0.273. The van der Waals surface area contributed by atoms with Crippen LogP contribution in [0.25, 0.3) is 0 Å². The molecule has 1 aromatic rings. The van der Waals surface area contributed by atoms with Gasteiger partial charge in [0.2, 0.25) is 10.0 Å². The molecule has 0 saturated carbocycles. The number of hydrogen-bond acceptors (Lipinski definition) is 3. The Kier molecular flexibility index (Phi) is 5.84. The van der Waals surface area contributed by atoms with Gasteiger partial charge in [0, 0.05) is 17.1 Å². The highest BCUT2D eigenvalue weighted by Gasteiger charge is 2.24. The summed E-state index contributed by atoms with van der Waals surface area (Å²) in [5.74, 6) is -2.07. The Balaban J connectivity index is 2.95. The molecule has 8 heteroatoms. The highest BCUT2D eigenvalue weighted by molar-refractivity contribution is 9.10. The van der Waals surface area contributed by atoms with Crippen LogP contribution in [0.5, 0.6) is 0 Å². The number of sulfonamides is 1. The molecule has 1 rings (SSSR count). The van der Waals surface area contributed by atoms with Crippen LogP contribution in [0.2, 0.25) is 0 Å². The quantitative estimate of drug-likeness (QED) is 0.819. The van der Waals surface area contributed by atoms with E-state index in [0.717, 1.165) is 6.07 Å². The van der Waals surface area contributed by atoms with E-state index in [0.29, 0.717) is 18.9 Å². The van der Waals surface area contributed by atoms with Gasteiger partial charge in [0.25, 0.3) is 0 Å². The number of hydrogen-bond donors (Lipinski definition) is 2. The Labute approximate surface area is 119 Å². The lowest BCUT2D eigenvalue weighted by Gasteiger charge is -2.12. The third-order valence-corrected chi connectivity index (χ3v) is 4.75. The van der Waals surface area contributed by atoms with Crippen LogP contribution in [-0.2, 0) is 10.0 Å². The third kappa shape index (κ3) is 4.48. The number of aliphatic hydroxyl groups excluding tert-OH is 1. The molecule has 0 aliphatic carbocycles. The van der Waals surface area contributed by atoms with Crippen LogP contribution >= 0.6 is 15.9 Å². The van der Waals surface area contributed by atoms with E-state index in [4.69, 9.17) is 0 Å². The maximum atomic E-state index is 13.5. The van der Waals surface area contributed by atoms with Crippen molar-refractivity contribution < 1.29 is 22.3 Å². The molecule has 0 amide bonds.